The lowest BCUT2D eigenvalue weighted by molar-refractivity contribution is -0.143. The third kappa shape index (κ3) is 12.6. The molecule has 0 unspecified atom stereocenters. The monoisotopic (exact) mass is 459 g/mol. The van der Waals surface area contributed by atoms with Gasteiger partial charge >= 0.3 is 5.97 Å². The Morgan fingerprint density at radius 2 is 1.38 bits per heavy atom. The number of aliphatic hydroxyl groups excluding tert-OH is 1. The quantitative estimate of drug-likeness (QED) is 0.131. The maximum atomic E-state index is 12.7. The molecule has 11 heteroatoms. The van der Waals surface area contributed by atoms with Crippen molar-refractivity contribution in [3.63, 3.8) is 0 Å². The molecule has 0 spiro atoms. The van der Waals surface area contributed by atoms with Gasteiger partial charge in [0.25, 0.3) is 0 Å². The Morgan fingerprint density at radius 1 is 0.812 bits per heavy atom. The van der Waals surface area contributed by atoms with Crippen molar-refractivity contribution < 1.29 is 29.4 Å². The Hall–Kier alpha value is -2.24. The average Bonchev–Trinajstić information content (AvgIpc) is 2.73. The lowest BCUT2D eigenvalue weighted by Gasteiger charge is -2.25. The summed E-state index contributed by atoms with van der Waals surface area (Å²) in [5.74, 6) is -3.11. The summed E-state index contributed by atoms with van der Waals surface area (Å²) < 4.78 is 0. The van der Waals surface area contributed by atoms with Crippen LogP contribution < -0.4 is 27.4 Å². The van der Waals surface area contributed by atoms with Gasteiger partial charge in [-0.25, -0.2) is 4.79 Å². The molecule has 0 aliphatic heterocycles. The van der Waals surface area contributed by atoms with Gasteiger partial charge in [-0.3, -0.25) is 14.4 Å². The molecule has 32 heavy (non-hydrogen) atoms. The topological polar surface area (TPSA) is 197 Å². The Kier molecular flexibility index (Phi) is 16.1. The molecule has 11 nitrogen and oxygen atoms in total. The molecule has 0 saturated carbocycles. The summed E-state index contributed by atoms with van der Waals surface area (Å²) in [5.41, 5.74) is 10.9. The molecule has 186 valence electrons. The van der Waals surface area contributed by atoms with Crippen molar-refractivity contribution in [3.05, 3.63) is 0 Å². The van der Waals surface area contributed by atoms with Crippen LogP contribution in [0.15, 0.2) is 0 Å². The van der Waals surface area contributed by atoms with Gasteiger partial charge in [0.05, 0.1) is 6.10 Å². The second kappa shape index (κ2) is 17.3. The Balaban J connectivity index is 4.89. The lowest BCUT2D eigenvalue weighted by atomic mass is 10.1. The molecule has 0 fully saturated rings. The molecular weight excluding hydrogens is 418 g/mol. The van der Waals surface area contributed by atoms with Crippen LogP contribution >= 0.6 is 0 Å². The number of hydrogen-bond donors (Lipinski definition) is 7. The van der Waals surface area contributed by atoms with Gasteiger partial charge < -0.3 is 37.6 Å². The summed E-state index contributed by atoms with van der Waals surface area (Å²) in [7, 11) is 0. The number of nitrogens with one attached hydrogen (secondary N) is 3. The number of aliphatic carboxylic acids is 1. The molecule has 4 atom stereocenters. The number of hydrogen-bond acceptors (Lipinski definition) is 7. The van der Waals surface area contributed by atoms with Crippen molar-refractivity contribution in [2.24, 2.45) is 11.5 Å². The largest absolute Gasteiger partial charge is 0.480 e. The van der Waals surface area contributed by atoms with Crippen molar-refractivity contribution in [2.75, 3.05) is 13.1 Å². The zero-order valence-electron chi connectivity index (χ0n) is 19.3. The molecule has 0 aromatic rings. The Bertz CT molecular complexity index is 587. The van der Waals surface area contributed by atoms with Crippen LogP contribution in [0.5, 0.6) is 0 Å². The molecule has 0 rings (SSSR count). The van der Waals surface area contributed by atoms with Gasteiger partial charge in [0, 0.05) is 6.42 Å². The van der Waals surface area contributed by atoms with E-state index < -0.39 is 42.0 Å². The summed E-state index contributed by atoms with van der Waals surface area (Å²) in [6.45, 7) is 3.58. The molecule has 0 heterocycles. The molecular formula is C21H41N5O6. The van der Waals surface area contributed by atoms with Crippen molar-refractivity contribution >= 4 is 23.7 Å². The number of amides is 3. The first-order valence-corrected chi connectivity index (χ1v) is 11.4. The summed E-state index contributed by atoms with van der Waals surface area (Å²) in [6.07, 6.45) is 5.26. The van der Waals surface area contributed by atoms with Gasteiger partial charge in [0.1, 0.15) is 18.1 Å². The third-order valence-electron chi connectivity index (χ3n) is 5.00. The average molecular weight is 460 g/mol. The number of rotatable bonds is 18. The minimum atomic E-state index is -1.40. The minimum absolute atomic E-state index is 0.00809. The Morgan fingerprint density at radius 3 is 1.91 bits per heavy atom. The van der Waals surface area contributed by atoms with E-state index in [1.807, 2.05) is 0 Å². The molecule has 0 saturated heterocycles. The van der Waals surface area contributed by atoms with E-state index in [9.17, 15) is 24.3 Å². The van der Waals surface area contributed by atoms with E-state index in [4.69, 9.17) is 16.6 Å². The number of unbranched alkanes of at least 4 members (excludes halogenated alkanes) is 5. The fourth-order valence-corrected chi connectivity index (χ4v) is 3.11. The number of carboxylic acid groups (broad SMARTS) is 1. The van der Waals surface area contributed by atoms with Gasteiger partial charge in [0.15, 0.2) is 0 Å². The summed E-state index contributed by atoms with van der Waals surface area (Å²) in [6, 6.07) is -3.62. The van der Waals surface area contributed by atoms with E-state index in [1.54, 1.807) is 0 Å². The van der Waals surface area contributed by atoms with Crippen LogP contribution in [0.25, 0.3) is 0 Å². The third-order valence-corrected chi connectivity index (χ3v) is 5.00. The van der Waals surface area contributed by atoms with E-state index >= 15 is 0 Å². The van der Waals surface area contributed by atoms with Crippen LogP contribution in [0.1, 0.15) is 71.6 Å². The summed E-state index contributed by atoms with van der Waals surface area (Å²) >= 11 is 0. The molecule has 3 amide bonds. The zero-order valence-corrected chi connectivity index (χ0v) is 19.3. The predicted molar refractivity (Wildman–Crippen MR) is 120 cm³/mol. The maximum absolute atomic E-state index is 12.7. The summed E-state index contributed by atoms with van der Waals surface area (Å²) in [5, 5.41) is 26.4. The van der Waals surface area contributed by atoms with E-state index in [-0.39, 0.29) is 38.3 Å². The molecule has 9 N–H and O–H groups in total. The second-order valence-electron chi connectivity index (χ2n) is 7.92. The van der Waals surface area contributed by atoms with Gasteiger partial charge in [-0.2, -0.15) is 0 Å². The van der Waals surface area contributed by atoms with Gasteiger partial charge in [-0.15, -0.1) is 0 Å². The number of nitrogens with two attached hydrogens (primary N) is 2. The van der Waals surface area contributed by atoms with E-state index in [0.717, 1.165) is 25.7 Å². The minimum Gasteiger partial charge on any atom is -0.480 e. The van der Waals surface area contributed by atoms with E-state index in [2.05, 4.69) is 22.9 Å². The first-order chi connectivity index (χ1) is 15.2. The van der Waals surface area contributed by atoms with Gasteiger partial charge in [-0.05, 0) is 39.3 Å². The van der Waals surface area contributed by atoms with Crippen LogP contribution in [-0.4, -0.2) is 71.2 Å². The van der Waals surface area contributed by atoms with Crippen molar-refractivity contribution in [3.8, 4) is 0 Å². The van der Waals surface area contributed by atoms with Crippen LogP contribution in [0, 0.1) is 0 Å². The highest BCUT2D eigenvalue weighted by atomic mass is 16.4. The lowest BCUT2D eigenvalue weighted by Crippen LogP contribution is -2.59. The smallest absolute Gasteiger partial charge is 0.326 e. The predicted octanol–water partition coefficient (Wildman–Crippen LogP) is -0.646. The van der Waals surface area contributed by atoms with Gasteiger partial charge in [-0.1, -0.05) is 39.0 Å². The first kappa shape index (κ1) is 29.8. The molecule has 0 aromatic heterocycles. The molecule has 0 bridgehead atoms. The highest BCUT2D eigenvalue weighted by Gasteiger charge is 2.31. The van der Waals surface area contributed by atoms with Gasteiger partial charge in [0.2, 0.25) is 17.7 Å². The fourth-order valence-electron chi connectivity index (χ4n) is 3.11. The number of carbonyl (C=O) groups excluding carboxylic acids is 3. The molecule has 0 radical (unpaired) electrons. The number of carbonyl (C=O) groups is 4. The molecule has 0 aliphatic carbocycles. The normalized spacial score (nSPS) is 14.7. The Labute approximate surface area is 190 Å². The number of carboxylic acids is 1. The van der Waals surface area contributed by atoms with Crippen LogP contribution in [0.4, 0.5) is 0 Å². The maximum Gasteiger partial charge on any atom is 0.326 e. The van der Waals surface area contributed by atoms with Crippen molar-refractivity contribution in [1.29, 1.82) is 0 Å². The second-order valence-corrected chi connectivity index (χ2v) is 7.92. The van der Waals surface area contributed by atoms with Crippen LogP contribution in [0.3, 0.4) is 0 Å². The zero-order chi connectivity index (χ0) is 24.5. The van der Waals surface area contributed by atoms with E-state index in [0.29, 0.717) is 6.42 Å². The van der Waals surface area contributed by atoms with Crippen molar-refractivity contribution in [1.82, 2.24) is 16.0 Å². The first-order valence-electron chi connectivity index (χ1n) is 11.4. The van der Waals surface area contributed by atoms with Crippen LogP contribution in [0.2, 0.25) is 0 Å². The highest BCUT2D eigenvalue weighted by Crippen LogP contribution is 2.07. The number of aliphatic hydroxyl groups is 1. The van der Waals surface area contributed by atoms with Crippen molar-refractivity contribution in [2.45, 2.75) is 95.9 Å². The van der Waals surface area contributed by atoms with Crippen LogP contribution in [-0.2, 0) is 19.2 Å². The standard InChI is InChI=1S/C21H41N5O6/c1-3-4-5-6-7-8-9-17(28)24-15(10-12-22)19(29)26-18(14(2)27)20(30)25-16(11-13-23)21(31)32/h14-16,18,27H,3-13,22-23H2,1-2H3,(H,24,28)(H,25,30)(H,26,29)(H,31,32)/t14-,15+,16-,18+/m1/s1. The fraction of sp³-hybridized carbons (Fsp3) is 0.810. The SMILES string of the molecule is CCCCCCCCC(=O)N[C@@H](CCN)C(=O)N[C@H](C(=O)N[C@H](CCN)C(=O)O)[C@@H](C)O. The summed E-state index contributed by atoms with van der Waals surface area (Å²) in [4.78, 5) is 48.6. The molecule has 0 aliphatic rings. The highest BCUT2D eigenvalue weighted by molar-refractivity contribution is 5.93. The molecule has 0 aromatic carbocycles. The van der Waals surface area contributed by atoms with E-state index in [1.165, 1.54) is 13.3 Å².